The van der Waals surface area contributed by atoms with Crippen LogP contribution in [0.15, 0.2) is 60.7 Å². The van der Waals surface area contributed by atoms with E-state index in [0.717, 1.165) is 33.7 Å². The zero-order valence-corrected chi connectivity index (χ0v) is 24.0. The number of rotatable bonds is 8. The summed E-state index contributed by atoms with van der Waals surface area (Å²) in [6.45, 7) is -0.529. The Morgan fingerprint density at radius 1 is 0.977 bits per heavy atom. The van der Waals surface area contributed by atoms with Crippen LogP contribution in [0.2, 0.25) is 0 Å². The lowest BCUT2D eigenvalue weighted by Gasteiger charge is -2.40. The number of hydrogen-bond donors (Lipinski definition) is 8. The SMILES string of the molecule is COc1cc(NS(C)(=O)=O)ccc1Nc1c2ccccc2nc2c1[nH]c1ccc(N[C@@H]3O[C@H](CO)[C@H](O)[C@H](O)[C@H]3O)cc12. The van der Waals surface area contributed by atoms with Crippen LogP contribution in [-0.2, 0) is 14.8 Å². The van der Waals surface area contributed by atoms with Crippen LogP contribution in [0.5, 0.6) is 5.75 Å². The molecule has 5 atom stereocenters. The summed E-state index contributed by atoms with van der Waals surface area (Å²) >= 11 is 0. The molecule has 0 radical (unpaired) electrons. The minimum absolute atomic E-state index is 0.361. The first-order valence-corrected chi connectivity index (χ1v) is 15.3. The highest BCUT2D eigenvalue weighted by Crippen LogP contribution is 2.39. The molecule has 0 bridgehead atoms. The molecule has 3 aromatic carbocycles. The second-order valence-electron chi connectivity index (χ2n) is 10.4. The van der Waals surface area contributed by atoms with E-state index in [-0.39, 0.29) is 0 Å². The van der Waals surface area contributed by atoms with Crippen molar-refractivity contribution in [1.29, 1.82) is 0 Å². The van der Waals surface area contributed by atoms with E-state index in [1.807, 2.05) is 36.4 Å². The summed E-state index contributed by atoms with van der Waals surface area (Å²) in [6, 6.07) is 18.0. The van der Waals surface area contributed by atoms with Crippen LogP contribution in [0.1, 0.15) is 0 Å². The molecule has 226 valence electrons. The van der Waals surface area contributed by atoms with Gasteiger partial charge >= 0.3 is 0 Å². The second-order valence-corrected chi connectivity index (χ2v) is 12.2. The quantitative estimate of drug-likeness (QED) is 0.128. The highest BCUT2D eigenvalue weighted by molar-refractivity contribution is 7.92. The number of aliphatic hydroxyl groups excluding tert-OH is 4. The van der Waals surface area contributed by atoms with Gasteiger partial charge in [0.15, 0.2) is 6.23 Å². The Kier molecular flexibility index (Phi) is 7.50. The minimum Gasteiger partial charge on any atom is -0.494 e. The van der Waals surface area contributed by atoms with Crippen LogP contribution in [0.3, 0.4) is 0 Å². The van der Waals surface area contributed by atoms with Crippen molar-refractivity contribution in [1.82, 2.24) is 9.97 Å². The molecule has 5 aromatic rings. The fourth-order valence-corrected chi connectivity index (χ4v) is 5.88. The first kappa shape index (κ1) is 28.9. The molecule has 0 saturated carbocycles. The smallest absolute Gasteiger partial charge is 0.229 e. The molecule has 1 fully saturated rings. The molecule has 1 aliphatic rings. The third-order valence-electron chi connectivity index (χ3n) is 7.39. The first-order chi connectivity index (χ1) is 20.6. The molecule has 1 aliphatic heterocycles. The Bertz CT molecular complexity index is 1930. The van der Waals surface area contributed by atoms with Gasteiger partial charge in [-0.15, -0.1) is 0 Å². The lowest BCUT2D eigenvalue weighted by molar-refractivity contribution is -0.221. The molecule has 3 heterocycles. The molecule has 0 amide bonds. The molecule has 14 heteroatoms. The Labute approximate surface area is 246 Å². The normalized spacial score (nSPS) is 22.6. The highest BCUT2D eigenvalue weighted by atomic mass is 32.2. The number of H-pyrrole nitrogens is 1. The predicted octanol–water partition coefficient (Wildman–Crippen LogP) is 2.20. The van der Waals surface area contributed by atoms with Gasteiger partial charge in [0.05, 0.1) is 53.6 Å². The van der Waals surface area contributed by atoms with Crippen molar-refractivity contribution in [2.45, 2.75) is 30.6 Å². The molecule has 0 spiro atoms. The van der Waals surface area contributed by atoms with E-state index >= 15 is 0 Å². The molecular formula is C29H31N5O8S. The summed E-state index contributed by atoms with van der Waals surface area (Å²) in [7, 11) is -1.97. The monoisotopic (exact) mass is 609 g/mol. The van der Waals surface area contributed by atoms with Crippen molar-refractivity contribution in [3.05, 3.63) is 60.7 Å². The van der Waals surface area contributed by atoms with Gasteiger partial charge in [0.25, 0.3) is 0 Å². The fraction of sp³-hybridized carbons (Fsp3) is 0.276. The number of aromatic amines is 1. The van der Waals surface area contributed by atoms with Gasteiger partial charge in [-0.3, -0.25) is 4.72 Å². The molecular weight excluding hydrogens is 578 g/mol. The van der Waals surface area contributed by atoms with E-state index < -0.39 is 47.3 Å². The largest absolute Gasteiger partial charge is 0.494 e. The zero-order valence-electron chi connectivity index (χ0n) is 23.1. The summed E-state index contributed by atoms with van der Waals surface area (Å²) in [5.41, 5.74) is 5.10. The molecule has 43 heavy (non-hydrogen) atoms. The van der Waals surface area contributed by atoms with Crippen LogP contribution < -0.4 is 20.1 Å². The number of hydrogen-bond acceptors (Lipinski definition) is 11. The van der Waals surface area contributed by atoms with Gasteiger partial charge in [0, 0.05) is 28.0 Å². The number of aliphatic hydroxyl groups is 4. The Balaban J connectivity index is 1.42. The average Bonchev–Trinajstić information content (AvgIpc) is 3.34. The van der Waals surface area contributed by atoms with Gasteiger partial charge in [-0.25, -0.2) is 13.4 Å². The highest BCUT2D eigenvalue weighted by Gasteiger charge is 2.43. The molecule has 0 unspecified atom stereocenters. The molecule has 13 nitrogen and oxygen atoms in total. The Hall–Kier alpha value is -4.18. The predicted molar refractivity (Wildman–Crippen MR) is 163 cm³/mol. The standard InChI is InChI=1S/C29H31N5O8S/c1-41-21-12-15(34-43(2,39)40)8-10-20(21)33-23-16-5-3-4-6-18(16)31-24-17-11-14(7-9-19(17)32-25(23)24)30-29-28(38)27(37)26(36)22(13-35)42-29/h3-12,22,26-30,32,34-38H,13H2,1-2H3,(H,31,33)/t22-,26+,27+,28-,29-/m1/s1. The van der Waals surface area contributed by atoms with Gasteiger partial charge < -0.3 is 45.5 Å². The lowest BCUT2D eigenvalue weighted by atomic mass is 9.98. The average molecular weight is 610 g/mol. The number of fused-ring (bicyclic) bond motifs is 4. The summed E-state index contributed by atoms with van der Waals surface area (Å²) < 4.78 is 37.1. The van der Waals surface area contributed by atoms with Gasteiger partial charge in [-0.2, -0.15) is 0 Å². The van der Waals surface area contributed by atoms with Gasteiger partial charge in [-0.1, -0.05) is 18.2 Å². The van der Waals surface area contributed by atoms with Crippen molar-refractivity contribution in [2.75, 3.05) is 35.3 Å². The van der Waals surface area contributed by atoms with Gasteiger partial charge in [0.1, 0.15) is 30.2 Å². The minimum atomic E-state index is -3.47. The number of pyridine rings is 1. The fourth-order valence-electron chi connectivity index (χ4n) is 5.32. The van der Waals surface area contributed by atoms with Crippen molar-refractivity contribution < 1.29 is 38.3 Å². The van der Waals surface area contributed by atoms with E-state index in [2.05, 4.69) is 20.3 Å². The molecule has 6 rings (SSSR count). The number of ether oxygens (including phenoxy) is 2. The molecule has 1 saturated heterocycles. The maximum Gasteiger partial charge on any atom is 0.229 e. The topological polar surface area (TPSA) is 198 Å². The number of para-hydroxylation sites is 1. The Morgan fingerprint density at radius 3 is 2.49 bits per heavy atom. The summed E-state index contributed by atoms with van der Waals surface area (Å²) in [6.07, 6.45) is -5.45. The number of anilines is 4. The zero-order chi connectivity index (χ0) is 30.5. The van der Waals surface area contributed by atoms with Crippen LogP contribution in [0, 0.1) is 0 Å². The van der Waals surface area contributed by atoms with Crippen LogP contribution in [0.25, 0.3) is 32.8 Å². The van der Waals surface area contributed by atoms with Crippen molar-refractivity contribution in [2.24, 2.45) is 0 Å². The van der Waals surface area contributed by atoms with Crippen molar-refractivity contribution in [3.8, 4) is 5.75 Å². The third-order valence-corrected chi connectivity index (χ3v) is 8.00. The van der Waals surface area contributed by atoms with E-state index in [9.17, 15) is 28.8 Å². The first-order valence-electron chi connectivity index (χ1n) is 13.4. The summed E-state index contributed by atoms with van der Waals surface area (Å²) in [4.78, 5) is 8.36. The van der Waals surface area contributed by atoms with Crippen molar-refractivity contribution >= 4 is 65.6 Å². The maximum atomic E-state index is 11.7. The van der Waals surface area contributed by atoms with Crippen LogP contribution in [-0.4, -0.2) is 89.4 Å². The van der Waals surface area contributed by atoms with E-state index in [0.29, 0.717) is 33.8 Å². The molecule has 8 N–H and O–H groups in total. The van der Waals surface area contributed by atoms with E-state index in [4.69, 9.17) is 14.5 Å². The number of benzene rings is 3. The number of sulfonamides is 1. The van der Waals surface area contributed by atoms with Crippen LogP contribution >= 0.6 is 0 Å². The molecule has 0 aliphatic carbocycles. The van der Waals surface area contributed by atoms with Crippen molar-refractivity contribution in [3.63, 3.8) is 0 Å². The number of aromatic nitrogens is 2. The number of nitrogens with one attached hydrogen (secondary N) is 4. The van der Waals surface area contributed by atoms with Gasteiger partial charge in [0.2, 0.25) is 10.0 Å². The Morgan fingerprint density at radius 2 is 1.74 bits per heavy atom. The van der Waals surface area contributed by atoms with Crippen LogP contribution in [0.4, 0.5) is 22.7 Å². The molecule has 2 aromatic heterocycles. The summed E-state index contributed by atoms with van der Waals surface area (Å²) in [5.74, 6) is 0.421. The second kappa shape index (κ2) is 11.1. The maximum absolute atomic E-state index is 11.7. The summed E-state index contributed by atoms with van der Waals surface area (Å²) in [5, 5.41) is 48.4. The third kappa shape index (κ3) is 5.51. The number of nitrogens with zero attached hydrogens (tertiary/aromatic N) is 1. The van der Waals surface area contributed by atoms with Gasteiger partial charge in [-0.05, 0) is 36.4 Å². The van der Waals surface area contributed by atoms with E-state index in [1.54, 1.807) is 24.3 Å². The number of methoxy groups -OCH3 is 1. The lowest BCUT2D eigenvalue weighted by Crippen LogP contribution is -2.60. The van der Waals surface area contributed by atoms with E-state index in [1.165, 1.54) is 7.11 Å².